The Morgan fingerprint density at radius 1 is 1.00 bits per heavy atom. The van der Waals surface area contributed by atoms with Crippen molar-refractivity contribution in [2.45, 2.75) is 97.6 Å². The van der Waals surface area contributed by atoms with Gasteiger partial charge in [-0.2, -0.15) is 0 Å². The van der Waals surface area contributed by atoms with Gasteiger partial charge in [0.05, 0.1) is 0 Å². The van der Waals surface area contributed by atoms with Gasteiger partial charge in [0, 0.05) is 13.0 Å². The third-order valence-electron chi connectivity index (χ3n) is 9.66. The molecule has 4 saturated carbocycles. The SMILES string of the molecule is CC(=O)O[C@H]1CC[C@@]2(C)[C@@H](CC[C@@H]3[C@@H]2CC[C@]2(C)[C@@H]([C@@H](C)N)CC[C@@H]32)C1. The Bertz CT molecular complexity index is 560. The first-order valence-electron chi connectivity index (χ1n) is 11.2. The zero-order valence-corrected chi connectivity index (χ0v) is 17.3. The summed E-state index contributed by atoms with van der Waals surface area (Å²) in [6.45, 7) is 8.95. The van der Waals surface area contributed by atoms with Crippen LogP contribution in [-0.4, -0.2) is 18.1 Å². The lowest BCUT2D eigenvalue weighted by molar-refractivity contribution is -0.160. The van der Waals surface area contributed by atoms with Crippen LogP contribution in [0.2, 0.25) is 0 Å². The van der Waals surface area contributed by atoms with Crippen LogP contribution in [0.25, 0.3) is 0 Å². The van der Waals surface area contributed by atoms with Crippen LogP contribution < -0.4 is 5.73 Å². The summed E-state index contributed by atoms with van der Waals surface area (Å²) in [6.07, 6.45) is 11.8. The molecule has 9 atom stereocenters. The van der Waals surface area contributed by atoms with Gasteiger partial charge < -0.3 is 10.5 Å². The molecule has 3 nitrogen and oxygen atoms in total. The van der Waals surface area contributed by atoms with E-state index in [9.17, 15) is 4.79 Å². The van der Waals surface area contributed by atoms with Crippen LogP contribution in [0.4, 0.5) is 0 Å². The van der Waals surface area contributed by atoms with Crippen molar-refractivity contribution in [1.29, 1.82) is 0 Å². The number of carbonyl (C=O) groups is 1. The predicted octanol–water partition coefficient (Wildman–Crippen LogP) is 4.92. The molecule has 4 fully saturated rings. The average Bonchev–Trinajstić information content (AvgIpc) is 2.92. The van der Waals surface area contributed by atoms with Gasteiger partial charge in [0.15, 0.2) is 0 Å². The lowest BCUT2D eigenvalue weighted by Gasteiger charge is -2.61. The standard InChI is InChI=1S/C23H39NO2/c1-14(24)19-7-8-20-18-6-5-16-13-17(26-15(2)25)9-11-22(16,3)21(18)10-12-23(19,20)4/h14,16-21H,5-13,24H2,1-4H3/t14-,16+,17+,18+,19-,20+,21+,22+,23-/m1/s1. The molecular formula is C23H39NO2. The van der Waals surface area contributed by atoms with Crippen LogP contribution in [0.1, 0.15) is 85.5 Å². The van der Waals surface area contributed by atoms with Gasteiger partial charge in [-0.3, -0.25) is 4.79 Å². The summed E-state index contributed by atoms with van der Waals surface area (Å²) in [7, 11) is 0. The number of hydrogen-bond acceptors (Lipinski definition) is 3. The number of ether oxygens (including phenoxy) is 1. The highest BCUT2D eigenvalue weighted by molar-refractivity contribution is 5.66. The van der Waals surface area contributed by atoms with Crippen molar-refractivity contribution in [3.63, 3.8) is 0 Å². The molecule has 0 radical (unpaired) electrons. The summed E-state index contributed by atoms with van der Waals surface area (Å²) in [4.78, 5) is 11.4. The second kappa shape index (κ2) is 6.50. The highest BCUT2D eigenvalue weighted by Crippen LogP contribution is 2.67. The molecule has 3 heteroatoms. The molecule has 0 aromatic carbocycles. The molecule has 0 aliphatic heterocycles. The molecule has 4 rings (SSSR count). The number of rotatable bonds is 2. The second-order valence-electron chi connectivity index (χ2n) is 10.8. The maximum Gasteiger partial charge on any atom is 0.302 e. The average molecular weight is 362 g/mol. The van der Waals surface area contributed by atoms with Gasteiger partial charge in [-0.05, 0) is 105 Å². The quantitative estimate of drug-likeness (QED) is 0.710. The first-order valence-corrected chi connectivity index (χ1v) is 11.2. The minimum Gasteiger partial charge on any atom is -0.463 e. The number of nitrogens with two attached hydrogens (primary N) is 1. The van der Waals surface area contributed by atoms with Crippen LogP contribution in [0.5, 0.6) is 0 Å². The smallest absolute Gasteiger partial charge is 0.302 e. The molecule has 148 valence electrons. The third-order valence-corrected chi connectivity index (χ3v) is 9.66. The van der Waals surface area contributed by atoms with E-state index in [1.54, 1.807) is 6.92 Å². The highest BCUT2D eigenvalue weighted by atomic mass is 16.5. The van der Waals surface area contributed by atoms with Crippen LogP contribution >= 0.6 is 0 Å². The number of carbonyl (C=O) groups excluding carboxylic acids is 1. The van der Waals surface area contributed by atoms with Gasteiger partial charge in [-0.25, -0.2) is 0 Å². The van der Waals surface area contributed by atoms with Crippen LogP contribution in [-0.2, 0) is 9.53 Å². The van der Waals surface area contributed by atoms with Crippen molar-refractivity contribution >= 4 is 5.97 Å². The summed E-state index contributed by atoms with van der Waals surface area (Å²) in [5.41, 5.74) is 7.35. The van der Waals surface area contributed by atoms with E-state index in [2.05, 4.69) is 20.8 Å². The van der Waals surface area contributed by atoms with E-state index in [1.165, 1.54) is 44.9 Å². The van der Waals surface area contributed by atoms with Gasteiger partial charge in [0.1, 0.15) is 6.10 Å². The van der Waals surface area contributed by atoms with E-state index in [0.717, 1.165) is 42.4 Å². The molecule has 2 N–H and O–H groups in total. The zero-order valence-electron chi connectivity index (χ0n) is 17.3. The minimum absolute atomic E-state index is 0.103. The van der Waals surface area contributed by atoms with Crippen molar-refractivity contribution in [1.82, 2.24) is 0 Å². The molecule has 0 amide bonds. The topological polar surface area (TPSA) is 52.3 Å². The van der Waals surface area contributed by atoms with Gasteiger partial charge in [0.2, 0.25) is 0 Å². The lowest BCUT2D eigenvalue weighted by atomic mass is 9.44. The maximum absolute atomic E-state index is 11.4. The van der Waals surface area contributed by atoms with Crippen molar-refractivity contribution < 1.29 is 9.53 Å². The summed E-state index contributed by atoms with van der Waals surface area (Å²) >= 11 is 0. The zero-order chi connectivity index (χ0) is 18.7. The van der Waals surface area contributed by atoms with Crippen LogP contribution in [0.15, 0.2) is 0 Å². The Hall–Kier alpha value is -0.570. The Morgan fingerprint density at radius 2 is 1.69 bits per heavy atom. The molecule has 0 aromatic rings. The predicted molar refractivity (Wildman–Crippen MR) is 104 cm³/mol. The first-order chi connectivity index (χ1) is 12.3. The summed E-state index contributed by atoms with van der Waals surface area (Å²) in [5.74, 6) is 4.04. The second-order valence-corrected chi connectivity index (χ2v) is 10.8. The fourth-order valence-corrected chi connectivity index (χ4v) is 8.46. The molecule has 0 spiro atoms. The molecule has 4 aliphatic carbocycles. The fourth-order valence-electron chi connectivity index (χ4n) is 8.46. The molecular weight excluding hydrogens is 322 g/mol. The van der Waals surface area contributed by atoms with E-state index in [0.29, 0.717) is 16.9 Å². The fraction of sp³-hybridized carbons (Fsp3) is 0.957. The van der Waals surface area contributed by atoms with E-state index < -0.39 is 0 Å². The molecule has 4 aliphatic rings. The number of esters is 1. The Morgan fingerprint density at radius 3 is 2.38 bits per heavy atom. The minimum atomic E-state index is -0.103. The third kappa shape index (κ3) is 2.75. The molecule has 0 aromatic heterocycles. The van der Waals surface area contributed by atoms with Gasteiger partial charge >= 0.3 is 5.97 Å². The summed E-state index contributed by atoms with van der Waals surface area (Å²) < 4.78 is 5.59. The van der Waals surface area contributed by atoms with Crippen LogP contribution in [0.3, 0.4) is 0 Å². The van der Waals surface area contributed by atoms with Gasteiger partial charge in [0.25, 0.3) is 0 Å². The largest absolute Gasteiger partial charge is 0.463 e. The van der Waals surface area contributed by atoms with E-state index in [4.69, 9.17) is 10.5 Å². The van der Waals surface area contributed by atoms with Crippen molar-refractivity contribution in [2.75, 3.05) is 0 Å². The summed E-state index contributed by atoms with van der Waals surface area (Å²) in [5, 5.41) is 0. The molecule has 0 heterocycles. The van der Waals surface area contributed by atoms with Gasteiger partial charge in [-0.1, -0.05) is 13.8 Å². The van der Waals surface area contributed by atoms with Crippen molar-refractivity contribution in [2.24, 2.45) is 46.2 Å². The number of fused-ring (bicyclic) bond motifs is 5. The van der Waals surface area contributed by atoms with Crippen molar-refractivity contribution in [3.05, 3.63) is 0 Å². The monoisotopic (exact) mass is 361 g/mol. The normalized spacial score (nSPS) is 51.7. The van der Waals surface area contributed by atoms with Crippen LogP contribution in [0, 0.1) is 40.4 Å². The first kappa shape index (κ1) is 18.8. The van der Waals surface area contributed by atoms with Crippen molar-refractivity contribution in [3.8, 4) is 0 Å². The molecule has 26 heavy (non-hydrogen) atoms. The molecule has 0 bridgehead atoms. The Kier molecular flexibility index (Phi) is 4.69. The lowest BCUT2D eigenvalue weighted by Crippen LogP contribution is -2.55. The van der Waals surface area contributed by atoms with E-state index in [-0.39, 0.29) is 12.1 Å². The highest BCUT2D eigenvalue weighted by Gasteiger charge is 2.60. The molecule has 0 saturated heterocycles. The summed E-state index contributed by atoms with van der Waals surface area (Å²) in [6, 6.07) is 0.340. The Balaban J connectivity index is 1.53. The Labute approximate surface area is 159 Å². The van der Waals surface area contributed by atoms with Gasteiger partial charge in [-0.15, -0.1) is 0 Å². The van der Waals surface area contributed by atoms with E-state index >= 15 is 0 Å². The van der Waals surface area contributed by atoms with E-state index in [1.807, 2.05) is 0 Å². The molecule has 0 unspecified atom stereocenters. The number of hydrogen-bond donors (Lipinski definition) is 1. The maximum atomic E-state index is 11.4.